The van der Waals surface area contributed by atoms with E-state index in [0.29, 0.717) is 6.61 Å². The third-order valence-electron chi connectivity index (χ3n) is 1.67. The van der Waals surface area contributed by atoms with Gasteiger partial charge in [-0.2, -0.15) is 0 Å². The van der Waals surface area contributed by atoms with E-state index < -0.39 is 6.10 Å². The minimum atomic E-state index is -0.465. The number of hydrogen-bond donors (Lipinski definition) is 1. The van der Waals surface area contributed by atoms with Gasteiger partial charge in [-0.15, -0.1) is 0 Å². The van der Waals surface area contributed by atoms with Crippen LogP contribution in [0.3, 0.4) is 0 Å². The monoisotopic (exact) mass is 166 g/mol. The molecule has 66 valence electrons. The highest BCUT2D eigenvalue weighted by Gasteiger charge is 2.06. The van der Waals surface area contributed by atoms with Crippen molar-refractivity contribution in [1.82, 2.24) is 0 Å². The molecule has 2 nitrogen and oxygen atoms in total. The molecule has 0 saturated heterocycles. The molecule has 0 spiro atoms. The molecule has 0 fully saturated rings. The fourth-order valence-corrected chi connectivity index (χ4v) is 1.11. The zero-order valence-corrected chi connectivity index (χ0v) is 7.45. The van der Waals surface area contributed by atoms with Gasteiger partial charge >= 0.3 is 0 Å². The highest BCUT2D eigenvalue weighted by atomic mass is 16.5. The maximum atomic E-state index is 9.35. The smallest absolute Gasteiger partial charge is 0.125 e. The third kappa shape index (κ3) is 1.98. The minimum absolute atomic E-state index is 0.465. The van der Waals surface area contributed by atoms with Gasteiger partial charge in [-0.25, -0.2) is 0 Å². The summed E-state index contributed by atoms with van der Waals surface area (Å²) in [5, 5.41) is 9.35. The molecule has 1 N–H and O–H groups in total. The van der Waals surface area contributed by atoms with Gasteiger partial charge in [0.15, 0.2) is 0 Å². The predicted octanol–water partition coefficient (Wildman–Crippen LogP) is 2.14. The molecule has 1 rings (SSSR count). The highest BCUT2D eigenvalue weighted by Crippen LogP contribution is 2.24. The molecule has 0 amide bonds. The summed E-state index contributed by atoms with van der Waals surface area (Å²) in [6.45, 7) is 4.29. The molecule has 0 bridgehead atoms. The van der Waals surface area contributed by atoms with Crippen LogP contribution in [0.4, 0.5) is 0 Å². The van der Waals surface area contributed by atoms with Crippen molar-refractivity contribution in [2.24, 2.45) is 0 Å². The summed E-state index contributed by atoms with van der Waals surface area (Å²) in [6.07, 6.45) is -0.465. The quantitative estimate of drug-likeness (QED) is 0.745. The Balaban J connectivity index is 2.92. The summed E-state index contributed by atoms with van der Waals surface area (Å²) >= 11 is 0. The van der Waals surface area contributed by atoms with Crippen LogP contribution < -0.4 is 4.74 Å². The number of para-hydroxylation sites is 1. The lowest BCUT2D eigenvalue weighted by Crippen LogP contribution is -1.98. The first-order valence-corrected chi connectivity index (χ1v) is 4.15. The van der Waals surface area contributed by atoms with E-state index in [0.717, 1.165) is 11.3 Å². The molecule has 0 radical (unpaired) electrons. The van der Waals surface area contributed by atoms with Crippen LogP contribution in [-0.4, -0.2) is 11.7 Å². The predicted molar refractivity (Wildman–Crippen MR) is 48.2 cm³/mol. The molecule has 1 aromatic carbocycles. The van der Waals surface area contributed by atoms with Gasteiger partial charge in [0.25, 0.3) is 0 Å². The summed E-state index contributed by atoms with van der Waals surface area (Å²) in [4.78, 5) is 0. The average molecular weight is 166 g/mol. The molecule has 1 aromatic rings. The molecule has 0 aliphatic rings. The zero-order chi connectivity index (χ0) is 8.97. The molecule has 0 aromatic heterocycles. The molecule has 12 heavy (non-hydrogen) atoms. The van der Waals surface area contributed by atoms with Gasteiger partial charge in [-0.1, -0.05) is 18.2 Å². The standard InChI is InChI=1S/C10H14O2/c1-3-12-10-7-5-4-6-9(10)8(2)11/h4-8,11H,3H2,1-2H3/t8-/m0/s1. The highest BCUT2D eigenvalue weighted by molar-refractivity contribution is 5.34. The average Bonchev–Trinajstić information content (AvgIpc) is 2.05. The third-order valence-corrected chi connectivity index (χ3v) is 1.67. The van der Waals surface area contributed by atoms with E-state index in [1.54, 1.807) is 6.92 Å². The Morgan fingerprint density at radius 1 is 1.42 bits per heavy atom. The number of hydrogen-bond acceptors (Lipinski definition) is 2. The lowest BCUT2D eigenvalue weighted by atomic mass is 10.1. The van der Waals surface area contributed by atoms with Crippen LogP contribution in [0.2, 0.25) is 0 Å². The number of aliphatic hydroxyl groups excluding tert-OH is 1. The molecular formula is C10H14O2. The van der Waals surface area contributed by atoms with Gasteiger partial charge in [-0.05, 0) is 19.9 Å². The van der Waals surface area contributed by atoms with Crippen molar-refractivity contribution in [1.29, 1.82) is 0 Å². The Morgan fingerprint density at radius 3 is 2.67 bits per heavy atom. The summed E-state index contributed by atoms with van der Waals surface area (Å²) in [5.74, 6) is 0.773. The zero-order valence-electron chi connectivity index (χ0n) is 7.45. The van der Waals surface area contributed by atoms with Crippen molar-refractivity contribution < 1.29 is 9.84 Å². The summed E-state index contributed by atoms with van der Waals surface area (Å²) < 4.78 is 5.34. The first kappa shape index (κ1) is 9.07. The minimum Gasteiger partial charge on any atom is -0.493 e. The van der Waals surface area contributed by atoms with Crippen LogP contribution in [0.5, 0.6) is 5.75 Å². The lowest BCUT2D eigenvalue weighted by Gasteiger charge is -2.11. The summed E-state index contributed by atoms with van der Waals surface area (Å²) in [5.41, 5.74) is 0.847. The van der Waals surface area contributed by atoms with E-state index in [-0.39, 0.29) is 0 Å². The first-order chi connectivity index (χ1) is 5.75. The second-order valence-electron chi connectivity index (χ2n) is 2.65. The Bertz CT molecular complexity index is 243. The van der Waals surface area contributed by atoms with Gasteiger partial charge in [0.05, 0.1) is 12.7 Å². The Morgan fingerprint density at radius 2 is 2.08 bits per heavy atom. The second kappa shape index (κ2) is 4.12. The molecular weight excluding hydrogens is 152 g/mol. The van der Waals surface area contributed by atoms with E-state index >= 15 is 0 Å². The topological polar surface area (TPSA) is 29.5 Å². The van der Waals surface area contributed by atoms with Crippen LogP contribution in [0.25, 0.3) is 0 Å². The van der Waals surface area contributed by atoms with Crippen molar-refractivity contribution >= 4 is 0 Å². The van der Waals surface area contributed by atoms with Gasteiger partial charge in [-0.3, -0.25) is 0 Å². The second-order valence-corrected chi connectivity index (χ2v) is 2.65. The van der Waals surface area contributed by atoms with Gasteiger partial charge < -0.3 is 9.84 Å². The van der Waals surface area contributed by atoms with Crippen molar-refractivity contribution in [2.75, 3.05) is 6.61 Å². The number of benzene rings is 1. The Kier molecular flexibility index (Phi) is 3.11. The van der Waals surface area contributed by atoms with E-state index in [1.165, 1.54) is 0 Å². The maximum absolute atomic E-state index is 9.35. The lowest BCUT2D eigenvalue weighted by molar-refractivity contribution is 0.192. The van der Waals surface area contributed by atoms with Crippen molar-refractivity contribution in [2.45, 2.75) is 20.0 Å². The first-order valence-electron chi connectivity index (χ1n) is 4.15. The van der Waals surface area contributed by atoms with Crippen LogP contribution >= 0.6 is 0 Å². The van der Waals surface area contributed by atoms with E-state index in [2.05, 4.69) is 0 Å². The van der Waals surface area contributed by atoms with Crippen LogP contribution in [-0.2, 0) is 0 Å². The maximum Gasteiger partial charge on any atom is 0.125 e. The summed E-state index contributed by atoms with van der Waals surface area (Å²) in [6, 6.07) is 7.53. The summed E-state index contributed by atoms with van der Waals surface area (Å²) in [7, 11) is 0. The van der Waals surface area contributed by atoms with E-state index in [1.807, 2.05) is 31.2 Å². The largest absolute Gasteiger partial charge is 0.493 e. The Labute approximate surface area is 72.8 Å². The Hall–Kier alpha value is -1.02. The van der Waals surface area contributed by atoms with Crippen LogP contribution in [0.1, 0.15) is 25.5 Å². The number of aliphatic hydroxyl groups is 1. The molecule has 0 aliphatic heterocycles. The molecule has 2 heteroatoms. The van der Waals surface area contributed by atoms with E-state index in [9.17, 15) is 5.11 Å². The molecule has 0 unspecified atom stereocenters. The number of ether oxygens (including phenoxy) is 1. The van der Waals surface area contributed by atoms with Crippen molar-refractivity contribution in [3.05, 3.63) is 29.8 Å². The number of rotatable bonds is 3. The van der Waals surface area contributed by atoms with Gasteiger partial charge in [0.1, 0.15) is 5.75 Å². The molecule has 1 atom stereocenters. The molecule has 0 saturated carbocycles. The molecule has 0 aliphatic carbocycles. The molecule has 0 heterocycles. The van der Waals surface area contributed by atoms with Crippen molar-refractivity contribution in [3.8, 4) is 5.75 Å². The van der Waals surface area contributed by atoms with Crippen LogP contribution in [0, 0.1) is 0 Å². The van der Waals surface area contributed by atoms with Gasteiger partial charge in [0.2, 0.25) is 0 Å². The van der Waals surface area contributed by atoms with Gasteiger partial charge in [0, 0.05) is 5.56 Å². The van der Waals surface area contributed by atoms with Crippen molar-refractivity contribution in [3.63, 3.8) is 0 Å². The normalized spacial score (nSPS) is 12.6. The van der Waals surface area contributed by atoms with E-state index in [4.69, 9.17) is 4.74 Å². The SMILES string of the molecule is CCOc1ccccc1[C@H](C)O. The van der Waals surface area contributed by atoms with Crippen LogP contribution in [0.15, 0.2) is 24.3 Å². The fourth-order valence-electron chi connectivity index (χ4n) is 1.11. The fraction of sp³-hybridized carbons (Fsp3) is 0.400.